The number of anilines is 1. The Balaban J connectivity index is 1.27. The highest BCUT2D eigenvalue weighted by molar-refractivity contribution is 7.87. The Morgan fingerprint density at radius 2 is 2.00 bits per heavy atom. The first kappa shape index (κ1) is 31.9. The topological polar surface area (TPSA) is 108 Å². The predicted molar refractivity (Wildman–Crippen MR) is 178 cm³/mol. The van der Waals surface area contributed by atoms with Gasteiger partial charge < -0.3 is 19.5 Å². The van der Waals surface area contributed by atoms with Gasteiger partial charge in [-0.2, -0.15) is 12.7 Å². The number of carbonyl (C=O) groups is 1. The number of nitrogens with one attached hydrogen (secondary N) is 1. The molecule has 2 N–H and O–H groups in total. The summed E-state index contributed by atoms with van der Waals surface area (Å²) in [5, 5.41) is 12.0. The molecule has 3 aliphatic heterocycles. The maximum Gasteiger partial charge on any atom is 0.304 e. The zero-order chi connectivity index (χ0) is 32.1. The lowest BCUT2D eigenvalue weighted by Gasteiger charge is -2.45. The lowest BCUT2D eigenvalue weighted by molar-refractivity contribution is 0.0455. The fraction of sp³-hybridized carbons (Fsp3) is 0.571. The summed E-state index contributed by atoms with van der Waals surface area (Å²) in [6, 6.07) is 10.9. The smallest absolute Gasteiger partial charge is 0.304 e. The highest BCUT2D eigenvalue weighted by Gasteiger charge is 2.44. The van der Waals surface area contributed by atoms with Gasteiger partial charge in [-0.3, -0.25) is 4.79 Å². The van der Waals surface area contributed by atoms with Gasteiger partial charge in [0, 0.05) is 48.3 Å². The predicted octanol–water partition coefficient (Wildman–Crippen LogP) is 5.00. The fourth-order valence-corrected chi connectivity index (χ4v) is 9.81. The van der Waals surface area contributed by atoms with E-state index in [1.165, 1.54) is 15.4 Å². The van der Waals surface area contributed by atoms with Gasteiger partial charge in [-0.25, -0.2) is 4.72 Å². The number of benzene rings is 2. The van der Waals surface area contributed by atoms with E-state index in [1.54, 1.807) is 18.2 Å². The van der Waals surface area contributed by atoms with Gasteiger partial charge in [0.05, 0.1) is 24.5 Å². The molecule has 248 valence electrons. The van der Waals surface area contributed by atoms with Gasteiger partial charge in [-0.1, -0.05) is 29.8 Å². The summed E-state index contributed by atoms with van der Waals surface area (Å²) in [5.41, 5.74) is 3.25. The number of rotatable bonds is 2. The van der Waals surface area contributed by atoms with Crippen LogP contribution in [0.3, 0.4) is 0 Å². The summed E-state index contributed by atoms with van der Waals surface area (Å²) in [4.78, 5) is 16.0. The molecule has 3 heterocycles. The van der Waals surface area contributed by atoms with E-state index in [0.29, 0.717) is 38.5 Å². The molecule has 2 aromatic carbocycles. The minimum absolute atomic E-state index is 0.0960. The van der Waals surface area contributed by atoms with Crippen LogP contribution < -0.4 is 14.4 Å². The molecule has 2 aliphatic carbocycles. The summed E-state index contributed by atoms with van der Waals surface area (Å²) in [5.74, 6) is 0.348. The zero-order valence-corrected chi connectivity index (χ0v) is 27.9. The molecule has 2 bridgehead atoms. The van der Waals surface area contributed by atoms with Crippen molar-refractivity contribution < 1.29 is 27.8 Å². The van der Waals surface area contributed by atoms with Crippen molar-refractivity contribution in [3.8, 4) is 5.75 Å². The van der Waals surface area contributed by atoms with Crippen molar-refractivity contribution in [3.05, 3.63) is 70.3 Å². The summed E-state index contributed by atoms with van der Waals surface area (Å²) in [6.07, 6.45) is 9.79. The number of hydrogen-bond acceptors (Lipinski definition) is 7. The maximum atomic E-state index is 13.8. The largest absolute Gasteiger partial charge is 0.490 e. The molecule has 5 aliphatic rings. The summed E-state index contributed by atoms with van der Waals surface area (Å²) >= 11 is 6.41. The summed E-state index contributed by atoms with van der Waals surface area (Å²) in [6.45, 7) is 4.45. The quantitative estimate of drug-likeness (QED) is 0.433. The average molecular weight is 670 g/mol. The monoisotopic (exact) mass is 669 g/mol. The molecule has 7 rings (SSSR count). The summed E-state index contributed by atoms with van der Waals surface area (Å²) in [7, 11) is -4.21. The van der Waals surface area contributed by atoms with Gasteiger partial charge >= 0.3 is 10.2 Å². The molecule has 0 unspecified atom stereocenters. The molecule has 6 atom stereocenters. The number of halogens is 1. The molecule has 2 fully saturated rings. The molecule has 1 saturated carbocycles. The van der Waals surface area contributed by atoms with E-state index in [2.05, 4.69) is 21.8 Å². The van der Waals surface area contributed by atoms with Crippen molar-refractivity contribution in [2.75, 3.05) is 37.7 Å². The Morgan fingerprint density at radius 3 is 2.78 bits per heavy atom. The van der Waals surface area contributed by atoms with Gasteiger partial charge in [-0.05, 0) is 112 Å². The van der Waals surface area contributed by atoms with Crippen molar-refractivity contribution in [2.45, 2.75) is 82.0 Å². The number of fused-ring (bicyclic) bond motifs is 4. The van der Waals surface area contributed by atoms with Crippen molar-refractivity contribution in [2.24, 2.45) is 11.8 Å². The number of aliphatic hydroxyl groups excluding tert-OH is 1. The molecular weight excluding hydrogens is 626 g/mol. The number of ether oxygens (including phenoxy) is 2. The van der Waals surface area contributed by atoms with Crippen LogP contribution in [0, 0.1) is 11.8 Å². The SMILES string of the molecule is C[C@H]1C/C=C\[C@H](O)[C@@H]2CC[C@H]2CN2C[C@@]3(CCCc4cc(Cl)ccc43)COc3ccc(cc32)C(=O)NS(=O)(=O)N1C[C@@H]1CCCO1. The van der Waals surface area contributed by atoms with Crippen LogP contribution in [0.25, 0.3) is 0 Å². The molecular formula is C35H44ClN3O6S. The molecule has 46 heavy (non-hydrogen) atoms. The minimum atomic E-state index is -4.21. The first-order chi connectivity index (χ1) is 22.1. The van der Waals surface area contributed by atoms with Crippen molar-refractivity contribution in [1.29, 1.82) is 0 Å². The molecule has 1 saturated heterocycles. The first-order valence-corrected chi connectivity index (χ1v) is 18.5. The van der Waals surface area contributed by atoms with Gasteiger partial charge in [0.25, 0.3) is 5.91 Å². The normalized spacial score (nSPS) is 33.6. The van der Waals surface area contributed by atoms with E-state index in [4.69, 9.17) is 21.1 Å². The van der Waals surface area contributed by atoms with Crippen LogP contribution in [-0.2, 0) is 26.8 Å². The van der Waals surface area contributed by atoms with Gasteiger partial charge in [0.15, 0.2) is 0 Å². The van der Waals surface area contributed by atoms with Crippen molar-refractivity contribution in [3.63, 3.8) is 0 Å². The van der Waals surface area contributed by atoms with Crippen molar-refractivity contribution in [1.82, 2.24) is 9.03 Å². The second kappa shape index (κ2) is 12.8. The van der Waals surface area contributed by atoms with E-state index >= 15 is 0 Å². The Labute approximate surface area is 277 Å². The van der Waals surface area contributed by atoms with Crippen LogP contribution in [0.2, 0.25) is 5.02 Å². The third kappa shape index (κ3) is 6.19. The number of amides is 1. The van der Waals surface area contributed by atoms with Crippen LogP contribution in [0.4, 0.5) is 5.69 Å². The zero-order valence-electron chi connectivity index (χ0n) is 26.4. The number of aryl methyl sites for hydroxylation is 1. The Morgan fingerprint density at radius 1 is 1.13 bits per heavy atom. The second-order valence-electron chi connectivity index (χ2n) is 13.9. The van der Waals surface area contributed by atoms with Gasteiger partial charge in [-0.15, -0.1) is 0 Å². The standard InChI is InChI=1S/C35H44ClN3O6S/c1-23-5-2-8-32(40)29-12-9-26(29)19-38-21-35(15-3-6-24-17-27(36)11-13-30(24)35)22-45-33-14-10-25(18-31(33)38)34(41)37-46(42,43)39(23)20-28-7-4-16-44-28/h2,8,10-11,13-14,17-18,23,26,28-29,32,40H,3-7,9,12,15-16,19-22H2,1H3,(H,37,41)/b8-2-/t23-,26-,28-,29+,32-,35-/m0/s1. The molecule has 9 nitrogen and oxygen atoms in total. The number of carbonyl (C=O) groups excluding carboxylic acids is 1. The third-order valence-electron chi connectivity index (χ3n) is 10.9. The van der Waals surface area contributed by atoms with Gasteiger partial charge in [0.2, 0.25) is 0 Å². The molecule has 0 radical (unpaired) electrons. The molecule has 11 heteroatoms. The highest BCUT2D eigenvalue weighted by Crippen LogP contribution is 2.46. The van der Waals surface area contributed by atoms with E-state index in [0.717, 1.165) is 55.7 Å². The van der Waals surface area contributed by atoms with Crippen LogP contribution in [0.5, 0.6) is 5.75 Å². The van der Waals surface area contributed by atoms with Crippen LogP contribution >= 0.6 is 11.6 Å². The van der Waals surface area contributed by atoms with E-state index in [1.807, 2.05) is 25.1 Å². The number of hydrogen-bond donors (Lipinski definition) is 2. The number of aliphatic hydroxyl groups is 1. The Bertz CT molecular complexity index is 1610. The summed E-state index contributed by atoms with van der Waals surface area (Å²) < 4.78 is 43.6. The second-order valence-corrected chi connectivity index (χ2v) is 16.0. The lowest BCUT2D eigenvalue weighted by atomic mass is 9.68. The fourth-order valence-electron chi connectivity index (χ4n) is 8.22. The first-order valence-electron chi connectivity index (χ1n) is 16.7. The lowest BCUT2D eigenvalue weighted by Crippen LogP contribution is -2.50. The maximum absolute atomic E-state index is 13.8. The molecule has 1 amide bonds. The van der Waals surface area contributed by atoms with Crippen LogP contribution in [-0.4, -0.2) is 74.8 Å². The average Bonchev–Trinajstić information content (AvgIpc) is 3.47. The van der Waals surface area contributed by atoms with Crippen LogP contribution in [0.1, 0.15) is 73.4 Å². The number of nitrogens with zero attached hydrogens (tertiary/aromatic N) is 2. The third-order valence-corrected chi connectivity index (χ3v) is 12.7. The van der Waals surface area contributed by atoms with E-state index in [9.17, 15) is 18.3 Å². The molecule has 0 aromatic heterocycles. The highest BCUT2D eigenvalue weighted by atomic mass is 35.5. The van der Waals surface area contributed by atoms with Crippen molar-refractivity contribution >= 4 is 33.4 Å². The molecule has 1 spiro atoms. The molecule has 2 aromatic rings. The van der Waals surface area contributed by atoms with E-state index in [-0.39, 0.29) is 35.5 Å². The van der Waals surface area contributed by atoms with E-state index < -0.39 is 28.3 Å². The Hall–Kier alpha value is -2.63. The Kier molecular flexibility index (Phi) is 8.86. The van der Waals surface area contributed by atoms with Crippen LogP contribution in [0.15, 0.2) is 48.6 Å². The minimum Gasteiger partial charge on any atom is -0.490 e. The van der Waals surface area contributed by atoms with Gasteiger partial charge in [0.1, 0.15) is 5.75 Å².